The molecule has 0 saturated heterocycles. The Hall–Kier alpha value is -0.800. The SMILES string of the molecule is CCCCC(CC)COCc1cc(CNC2CC2)c(C)o1. The fourth-order valence-corrected chi connectivity index (χ4v) is 2.60. The summed E-state index contributed by atoms with van der Waals surface area (Å²) < 4.78 is 11.7. The molecule has 1 heterocycles. The molecule has 1 aromatic rings. The van der Waals surface area contributed by atoms with Gasteiger partial charge in [-0.25, -0.2) is 0 Å². The van der Waals surface area contributed by atoms with Gasteiger partial charge in [-0.3, -0.25) is 0 Å². The average molecular weight is 293 g/mol. The fraction of sp³-hybridized carbons (Fsp3) is 0.778. The van der Waals surface area contributed by atoms with Crippen LogP contribution in [0.2, 0.25) is 0 Å². The van der Waals surface area contributed by atoms with Gasteiger partial charge in [0.15, 0.2) is 0 Å². The molecule has 1 aromatic heterocycles. The van der Waals surface area contributed by atoms with E-state index in [9.17, 15) is 0 Å². The zero-order valence-corrected chi connectivity index (χ0v) is 13.9. The van der Waals surface area contributed by atoms with Crippen LogP contribution in [0.5, 0.6) is 0 Å². The molecule has 1 fully saturated rings. The van der Waals surface area contributed by atoms with Crippen molar-refractivity contribution in [2.75, 3.05) is 6.61 Å². The predicted octanol–water partition coefficient (Wildman–Crippen LogP) is 4.57. The van der Waals surface area contributed by atoms with Crippen LogP contribution in [0.4, 0.5) is 0 Å². The quantitative estimate of drug-likeness (QED) is 0.649. The van der Waals surface area contributed by atoms with E-state index < -0.39 is 0 Å². The summed E-state index contributed by atoms with van der Waals surface area (Å²) in [6, 6.07) is 2.89. The molecule has 0 aromatic carbocycles. The molecule has 1 N–H and O–H groups in total. The second-order valence-corrected chi connectivity index (χ2v) is 6.38. The van der Waals surface area contributed by atoms with Crippen LogP contribution in [0.3, 0.4) is 0 Å². The molecule has 1 atom stereocenters. The van der Waals surface area contributed by atoms with Crippen molar-refractivity contribution in [3.63, 3.8) is 0 Å². The standard InChI is InChI=1S/C18H31NO2/c1-4-6-7-15(5-2)12-20-13-18-10-16(14(3)21-18)11-19-17-8-9-17/h10,15,17,19H,4-9,11-13H2,1-3H3. The van der Waals surface area contributed by atoms with Crippen LogP contribution >= 0.6 is 0 Å². The maximum absolute atomic E-state index is 5.86. The van der Waals surface area contributed by atoms with E-state index in [2.05, 4.69) is 25.2 Å². The van der Waals surface area contributed by atoms with Crippen molar-refractivity contribution in [3.05, 3.63) is 23.2 Å². The molecule has 0 bridgehead atoms. The Labute approximate surface area is 129 Å². The monoisotopic (exact) mass is 293 g/mol. The van der Waals surface area contributed by atoms with Gasteiger partial charge in [0.25, 0.3) is 0 Å². The van der Waals surface area contributed by atoms with Gasteiger partial charge in [-0.1, -0.05) is 33.1 Å². The summed E-state index contributed by atoms with van der Waals surface area (Å²) in [5, 5.41) is 3.53. The maximum atomic E-state index is 5.86. The van der Waals surface area contributed by atoms with E-state index >= 15 is 0 Å². The number of ether oxygens (including phenoxy) is 1. The highest BCUT2D eigenvalue weighted by Crippen LogP contribution is 2.21. The Bertz CT molecular complexity index is 409. The summed E-state index contributed by atoms with van der Waals surface area (Å²) in [4.78, 5) is 0. The van der Waals surface area contributed by atoms with Gasteiger partial charge in [-0.2, -0.15) is 0 Å². The lowest BCUT2D eigenvalue weighted by Crippen LogP contribution is -2.15. The number of furan rings is 1. The number of unbranched alkanes of at least 4 members (excludes halogenated alkanes) is 1. The third-order valence-corrected chi connectivity index (χ3v) is 4.37. The van der Waals surface area contributed by atoms with Gasteiger partial charge in [-0.15, -0.1) is 0 Å². The highest BCUT2D eigenvalue weighted by molar-refractivity contribution is 5.20. The van der Waals surface area contributed by atoms with Gasteiger partial charge >= 0.3 is 0 Å². The summed E-state index contributed by atoms with van der Waals surface area (Å²) in [6.45, 7) is 8.93. The van der Waals surface area contributed by atoms with Gasteiger partial charge < -0.3 is 14.5 Å². The first kappa shape index (κ1) is 16.6. The van der Waals surface area contributed by atoms with Crippen molar-refractivity contribution < 1.29 is 9.15 Å². The average Bonchev–Trinajstić information content (AvgIpc) is 3.24. The fourth-order valence-electron chi connectivity index (χ4n) is 2.60. The number of nitrogens with one attached hydrogen (secondary N) is 1. The van der Waals surface area contributed by atoms with Crippen LogP contribution in [0, 0.1) is 12.8 Å². The van der Waals surface area contributed by atoms with Gasteiger partial charge in [0.1, 0.15) is 18.1 Å². The summed E-state index contributed by atoms with van der Waals surface area (Å²) in [5.41, 5.74) is 1.28. The molecule has 1 aliphatic rings. The van der Waals surface area contributed by atoms with Crippen LogP contribution in [-0.2, 0) is 17.9 Å². The van der Waals surface area contributed by atoms with Crippen molar-refractivity contribution >= 4 is 0 Å². The van der Waals surface area contributed by atoms with Crippen molar-refractivity contribution in [3.8, 4) is 0 Å². The van der Waals surface area contributed by atoms with E-state index in [1.54, 1.807) is 0 Å². The minimum Gasteiger partial charge on any atom is -0.464 e. The van der Waals surface area contributed by atoms with Crippen molar-refractivity contribution in [1.29, 1.82) is 0 Å². The number of hydrogen-bond donors (Lipinski definition) is 1. The highest BCUT2D eigenvalue weighted by Gasteiger charge is 2.21. The first-order valence-electron chi connectivity index (χ1n) is 8.62. The third kappa shape index (κ3) is 5.84. The van der Waals surface area contributed by atoms with E-state index in [4.69, 9.17) is 9.15 Å². The lowest BCUT2D eigenvalue weighted by molar-refractivity contribution is 0.0705. The number of rotatable bonds is 11. The summed E-state index contributed by atoms with van der Waals surface area (Å²) in [6.07, 6.45) is 7.70. The molecule has 1 saturated carbocycles. The number of hydrogen-bond acceptors (Lipinski definition) is 3. The minimum atomic E-state index is 0.604. The molecule has 2 rings (SSSR count). The zero-order valence-electron chi connectivity index (χ0n) is 13.9. The van der Waals surface area contributed by atoms with E-state index in [1.807, 2.05) is 6.92 Å². The van der Waals surface area contributed by atoms with E-state index in [0.717, 1.165) is 30.7 Å². The van der Waals surface area contributed by atoms with Crippen LogP contribution in [0.1, 0.15) is 69.5 Å². The zero-order chi connectivity index (χ0) is 15.1. The first-order chi connectivity index (χ1) is 10.2. The molecular formula is C18H31NO2. The van der Waals surface area contributed by atoms with Gasteiger partial charge in [0.05, 0.1) is 0 Å². The van der Waals surface area contributed by atoms with Crippen molar-refractivity contribution in [2.24, 2.45) is 5.92 Å². The molecule has 3 heteroatoms. The van der Waals surface area contributed by atoms with Crippen LogP contribution in [0.25, 0.3) is 0 Å². The summed E-state index contributed by atoms with van der Waals surface area (Å²) in [7, 11) is 0. The summed E-state index contributed by atoms with van der Waals surface area (Å²) in [5.74, 6) is 2.68. The molecule has 21 heavy (non-hydrogen) atoms. The molecule has 3 nitrogen and oxygen atoms in total. The lowest BCUT2D eigenvalue weighted by atomic mass is 10.0. The van der Waals surface area contributed by atoms with Gasteiger partial charge in [0.2, 0.25) is 0 Å². The molecule has 0 spiro atoms. The molecule has 120 valence electrons. The minimum absolute atomic E-state index is 0.604. The van der Waals surface area contributed by atoms with Gasteiger partial charge in [0, 0.05) is 24.8 Å². The number of aryl methyl sites for hydroxylation is 1. The largest absolute Gasteiger partial charge is 0.464 e. The molecule has 0 radical (unpaired) electrons. The third-order valence-electron chi connectivity index (χ3n) is 4.37. The van der Waals surface area contributed by atoms with E-state index in [1.165, 1.54) is 44.1 Å². The first-order valence-corrected chi connectivity index (χ1v) is 8.62. The van der Waals surface area contributed by atoms with Crippen LogP contribution in [0.15, 0.2) is 10.5 Å². The second kappa shape index (κ2) is 8.60. The van der Waals surface area contributed by atoms with Crippen LogP contribution in [-0.4, -0.2) is 12.6 Å². The predicted molar refractivity (Wildman–Crippen MR) is 86.3 cm³/mol. The topological polar surface area (TPSA) is 34.4 Å². The smallest absolute Gasteiger partial charge is 0.130 e. The van der Waals surface area contributed by atoms with E-state index in [-0.39, 0.29) is 0 Å². The Morgan fingerprint density at radius 3 is 2.86 bits per heavy atom. The molecule has 0 aliphatic heterocycles. The van der Waals surface area contributed by atoms with Crippen molar-refractivity contribution in [1.82, 2.24) is 5.32 Å². The van der Waals surface area contributed by atoms with Crippen LogP contribution < -0.4 is 5.32 Å². The summed E-state index contributed by atoms with van der Waals surface area (Å²) >= 11 is 0. The molecule has 1 aliphatic carbocycles. The van der Waals surface area contributed by atoms with Crippen molar-refractivity contribution in [2.45, 2.75) is 78.5 Å². The Morgan fingerprint density at radius 2 is 2.19 bits per heavy atom. The second-order valence-electron chi connectivity index (χ2n) is 6.38. The normalized spacial score (nSPS) is 16.3. The lowest BCUT2D eigenvalue weighted by Gasteiger charge is -2.13. The Kier molecular flexibility index (Phi) is 6.78. The van der Waals surface area contributed by atoms with Gasteiger partial charge in [-0.05, 0) is 38.2 Å². The van der Waals surface area contributed by atoms with E-state index in [0.29, 0.717) is 12.5 Å². The maximum Gasteiger partial charge on any atom is 0.130 e. The molecule has 0 amide bonds. The Morgan fingerprint density at radius 1 is 1.38 bits per heavy atom. The molecule has 1 unspecified atom stereocenters. The molecular weight excluding hydrogens is 262 g/mol. The highest BCUT2D eigenvalue weighted by atomic mass is 16.5. The Balaban J connectivity index is 1.70.